The maximum absolute atomic E-state index is 13.7. The molecule has 38 heavy (non-hydrogen) atoms. The summed E-state index contributed by atoms with van der Waals surface area (Å²) in [5.74, 6) is -3.32. The number of aromatic nitrogens is 1. The maximum Gasteiger partial charge on any atom is 0.416 e. The number of anilines is 1. The number of alkyl halides is 3. The average Bonchev–Trinajstić information content (AvgIpc) is 3.37. The van der Waals surface area contributed by atoms with E-state index in [4.69, 9.17) is 9.47 Å². The number of nitrogens with one attached hydrogen (secondary N) is 1. The molecule has 2 amide bonds. The van der Waals surface area contributed by atoms with E-state index in [1.165, 1.54) is 6.07 Å². The summed E-state index contributed by atoms with van der Waals surface area (Å²) < 4.78 is 50.4. The molecule has 2 unspecified atom stereocenters. The summed E-state index contributed by atoms with van der Waals surface area (Å²) in [6.45, 7) is 1.52. The Morgan fingerprint density at radius 1 is 1.08 bits per heavy atom. The molecular formula is C25H19F3N2O6S2. The lowest BCUT2D eigenvalue weighted by atomic mass is 9.83. The molecule has 1 fully saturated rings. The van der Waals surface area contributed by atoms with Crippen molar-refractivity contribution in [1.82, 2.24) is 4.98 Å². The molecule has 2 aliphatic heterocycles. The van der Waals surface area contributed by atoms with Crippen LogP contribution in [0.15, 0.2) is 58.4 Å². The van der Waals surface area contributed by atoms with Gasteiger partial charge < -0.3 is 14.5 Å². The first-order chi connectivity index (χ1) is 18.1. The Balaban J connectivity index is 1.54. The molecule has 8 nitrogen and oxygen atoms in total. The minimum Gasteiger partial charge on any atom is -0.482 e. The van der Waals surface area contributed by atoms with Crippen molar-refractivity contribution in [1.29, 1.82) is 0 Å². The van der Waals surface area contributed by atoms with E-state index in [0.717, 1.165) is 46.2 Å². The first kappa shape index (κ1) is 26.0. The number of amides is 2. The number of imide groups is 1. The molecule has 0 aliphatic carbocycles. The largest absolute Gasteiger partial charge is 0.482 e. The molecule has 3 heterocycles. The van der Waals surface area contributed by atoms with Crippen molar-refractivity contribution in [2.75, 3.05) is 18.1 Å². The highest BCUT2D eigenvalue weighted by molar-refractivity contribution is 8.00. The normalized spacial score (nSPS) is 20.7. The topological polar surface area (TPSA) is 106 Å². The molecule has 2 aliphatic rings. The summed E-state index contributed by atoms with van der Waals surface area (Å²) in [7, 11) is 0. The van der Waals surface area contributed by atoms with Crippen LogP contribution in [0, 0.1) is 5.92 Å². The number of carbonyl (C=O) groups is 3. The van der Waals surface area contributed by atoms with Gasteiger partial charge in [0.05, 0.1) is 28.8 Å². The zero-order valence-corrected chi connectivity index (χ0v) is 21.2. The van der Waals surface area contributed by atoms with Crippen LogP contribution in [0.5, 0.6) is 5.75 Å². The van der Waals surface area contributed by atoms with Crippen LogP contribution in [-0.4, -0.2) is 41.2 Å². The Hall–Kier alpha value is -3.58. The second kappa shape index (κ2) is 9.95. The quantitative estimate of drug-likeness (QED) is 0.354. The van der Waals surface area contributed by atoms with Gasteiger partial charge in [-0.1, -0.05) is 41.3 Å². The average molecular weight is 565 g/mol. The number of benzene rings is 2. The zero-order chi connectivity index (χ0) is 27.2. The van der Waals surface area contributed by atoms with E-state index in [-0.39, 0.29) is 23.8 Å². The number of aromatic amines is 1. The highest BCUT2D eigenvalue weighted by Gasteiger charge is 2.56. The maximum atomic E-state index is 13.7. The fourth-order valence-corrected chi connectivity index (χ4v) is 7.11. The summed E-state index contributed by atoms with van der Waals surface area (Å²) in [5.41, 5.74) is -0.610. The highest BCUT2D eigenvalue weighted by atomic mass is 32.2. The Morgan fingerprint density at radius 2 is 1.84 bits per heavy atom. The number of hydrogen-bond donors (Lipinski definition) is 1. The number of esters is 1. The van der Waals surface area contributed by atoms with Crippen molar-refractivity contribution in [2.45, 2.75) is 29.3 Å². The minimum atomic E-state index is -4.65. The molecule has 3 atom stereocenters. The number of rotatable bonds is 6. The van der Waals surface area contributed by atoms with E-state index < -0.39 is 46.6 Å². The van der Waals surface area contributed by atoms with Gasteiger partial charge in [0.15, 0.2) is 6.61 Å². The minimum absolute atomic E-state index is 0.174. The number of thiazole rings is 1. The second-order valence-corrected chi connectivity index (χ2v) is 10.6. The van der Waals surface area contributed by atoms with Crippen molar-refractivity contribution >= 4 is 46.6 Å². The number of carbonyl (C=O) groups excluding carboxylic acids is 3. The third kappa shape index (κ3) is 4.71. The van der Waals surface area contributed by atoms with Crippen molar-refractivity contribution < 1.29 is 37.0 Å². The van der Waals surface area contributed by atoms with E-state index in [2.05, 4.69) is 4.98 Å². The van der Waals surface area contributed by atoms with Crippen LogP contribution in [0.3, 0.4) is 0 Å². The SMILES string of the molecule is CCOC(=O)COc1cccc([C@H]2c3sc(=O)[nH]c3SC3C(=O)N(c4cccc(C(F)(F)F)c4)C(=O)C32)c1. The molecule has 0 bridgehead atoms. The lowest BCUT2D eigenvalue weighted by molar-refractivity contribution is -0.145. The van der Waals surface area contributed by atoms with Crippen molar-refractivity contribution in [3.63, 3.8) is 0 Å². The van der Waals surface area contributed by atoms with Crippen LogP contribution in [-0.2, 0) is 25.3 Å². The van der Waals surface area contributed by atoms with Gasteiger partial charge in [0.2, 0.25) is 11.8 Å². The Bertz CT molecular complexity index is 1480. The zero-order valence-electron chi connectivity index (χ0n) is 19.6. The van der Waals surface area contributed by atoms with Crippen LogP contribution in [0.1, 0.15) is 28.8 Å². The van der Waals surface area contributed by atoms with Gasteiger partial charge in [0.1, 0.15) is 11.0 Å². The van der Waals surface area contributed by atoms with Crippen LogP contribution < -0.4 is 14.5 Å². The summed E-state index contributed by atoms with van der Waals surface area (Å²) in [4.78, 5) is 54.8. The molecule has 198 valence electrons. The van der Waals surface area contributed by atoms with Gasteiger partial charge in [-0.05, 0) is 42.8 Å². The van der Waals surface area contributed by atoms with Crippen LogP contribution >= 0.6 is 23.1 Å². The molecule has 2 aromatic carbocycles. The first-order valence-corrected chi connectivity index (χ1v) is 13.1. The fourth-order valence-electron chi connectivity index (χ4n) is 4.59. The third-order valence-electron chi connectivity index (χ3n) is 6.13. The monoisotopic (exact) mass is 564 g/mol. The molecule has 13 heteroatoms. The lowest BCUT2D eigenvalue weighted by Gasteiger charge is -2.30. The molecule has 0 spiro atoms. The van der Waals surface area contributed by atoms with Gasteiger partial charge in [-0.3, -0.25) is 14.4 Å². The van der Waals surface area contributed by atoms with E-state index in [0.29, 0.717) is 21.2 Å². The second-order valence-electron chi connectivity index (χ2n) is 8.48. The predicted molar refractivity (Wildman–Crippen MR) is 132 cm³/mol. The van der Waals surface area contributed by atoms with Crippen molar-refractivity contribution in [3.05, 3.63) is 74.2 Å². The molecular weight excluding hydrogens is 545 g/mol. The lowest BCUT2D eigenvalue weighted by Crippen LogP contribution is -2.32. The van der Waals surface area contributed by atoms with E-state index in [1.807, 2.05) is 0 Å². The highest BCUT2D eigenvalue weighted by Crippen LogP contribution is 2.53. The molecule has 1 aromatic heterocycles. The van der Waals surface area contributed by atoms with Gasteiger partial charge in [-0.25, -0.2) is 9.69 Å². The Labute approximate surface area is 221 Å². The summed E-state index contributed by atoms with van der Waals surface area (Å²) >= 11 is 1.92. The number of halogens is 3. The van der Waals surface area contributed by atoms with Crippen molar-refractivity contribution in [2.24, 2.45) is 5.92 Å². The van der Waals surface area contributed by atoms with Gasteiger partial charge in [0, 0.05) is 10.8 Å². The Kier molecular flexibility index (Phi) is 6.82. The number of ether oxygens (including phenoxy) is 2. The third-order valence-corrected chi connectivity index (χ3v) is 8.54. The van der Waals surface area contributed by atoms with Gasteiger partial charge in [0.25, 0.3) is 0 Å². The number of fused-ring (bicyclic) bond motifs is 2. The number of thioether (sulfide) groups is 1. The van der Waals surface area contributed by atoms with Crippen LogP contribution in [0.2, 0.25) is 0 Å². The molecule has 0 saturated carbocycles. The van der Waals surface area contributed by atoms with Crippen LogP contribution in [0.4, 0.5) is 18.9 Å². The summed E-state index contributed by atoms with van der Waals surface area (Å²) in [6, 6.07) is 10.6. The molecule has 1 saturated heterocycles. The number of hydrogen-bond acceptors (Lipinski definition) is 8. The van der Waals surface area contributed by atoms with Gasteiger partial charge in [-0.15, -0.1) is 0 Å². The first-order valence-electron chi connectivity index (χ1n) is 11.4. The molecule has 1 N–H and O–H groups in total. The number of H-pyrrole nitrogens is 1. The molecule has 5 rings (SSSR count). The molecule has 3 aromatic rings. The molecule has 0 radical (unpaired) electrons. The van der Waals surface area contributed by atoms with E-state index in [1.54, 1.807) is 31.2 Å². The fraction of sp³-hybridized carbons (Fsp3) is 0.280. The Morgan fingerprint density at radius 3 is 2.58 bits per heavy atom. The van der Waals surface area contributed by atoms with E-state index in [9.17, 15) is 32.3 Å². The smallest absolute Gasteiger partial charge is 0.416 e. The van der Waals surface area contributed by atoms with Crippen LogP contribution in [0.25, 0.3) is 0 Å². The van der Waals surface area contributed by atoms with E-state index >= 15 is 0 Å². The summed E-state index contributed by atoms with van der Waals surface area (Å²) in [5, 5.41) is -0.542. The predicted octanol–water partition coefficient (Wildman–Crippen LogP) is 4.19. The summed E-state index contributed by atoms with van der Waals surface area (Å²) in [6.07, 6.45) is -4.65. The van der Waals surface area contributed by atoms with Gasteiger partial charge >= 0.3 is 17.0 Å². The van der Waals surface area contributed by atoms with Gasteiger partial charge in [-0.2, -0.15) is 13.2 Å². The van der Waals surface area contributed by atoms with Crippen molar-refractivity contribution in [3.8, 4) is 5.75 Å². The standard InChI is InChI=1S/C25H19F3N2O6S2/c1-2-35-16(31)11-36-15-8-3-5-12(9-15)17-18-20(37-21-19(17)38-24(34)29-21)23(33)30(22(18)32)14-7-4-6-13(10-14)25(26,27)28/h3-10,17-18,20H,2,11H2,1H3,(H,29,34)/t17-,18?,20?/m1/s1. The number of nitrogens with zero attached hydrogens (tertiary/aromatic N) is 1.